The molecule has 1 spiro atoms. The molecular weight excluding hydrogens is 529 g/mol. The number of rotatable bonds is 6. The van der Waals surface area contributed by atoms with E-state index < -0.39 is 29.1 Å². The summed E-state index contributed by atoms with van der Waals surface area (Å²) in [6.45, 7) is 1.89. The Kier molecular flexibility index (Phi) is 6.32. The van der Waals surface area contributed by atoms with Crippen molar-refractivity contribution in [1.29, 1.82) is 0 Å². The molecule has 2 bridgehead atoms. The van der Waals surface area contributed by atoms with Crippen molar-refractivity contribution in [3.05, 3.63) is 64.6 Å². The first kappa shape index (κ1) is 25.5. The van der Waals surface area contributed by atoms with Crippen LogP contribution in [0.15, 0.2) is 53.2 Å². The van der Waals surface area contributed by atoms with Crippen molar-refractivity contribution in [2.24, 2.45) is 11.8 Å². The Hall–Kier alpha value is -2.81. The van der Waals surface area contributed by atoms with E-state index in [1.165, 1.54) is 11.2 Å². The number of anilines is 1. The monoisotopic (exact) mass is 557 g/mol. The maximum absolute atomic E-state index is 14.1. The number of amides is 3. The SMILES string of the molecule is C[C@]12C=C[C@@]3(O1)[C@H](C(=O)NC1CCCCC1)N(Cc1ccco1)C(=O)[C@H]3[C@@H]2C(=O)Nc1ccc(Cl)c(Cl)c1. The molecule has 2 N–H and O–H groups in total. The summed E-state index contributed by atoms with van der Waals surface area (Å²) in [5.41, 5.74) is -1.87. The van der Waals surface area contributed by atoms with Gasteiger partial charge in [0, 0.05) is 11.7 Å². The van der Waals surface area contributed by atoms with Gasteiger partial charge in [-0.15, -0.1) is 0 Å². The summed E-state index contributed by atoms with van der Waals surface area (Å²) in [6, 6.07) is 7.42. The third-order valence-electron chi connectivity index (χ3n) is 8.37. The number of halogens is 2. The van der Waals surface area contributed by atoms with Crippen LogP contribution in [0.1, 0.15) is 44.8 Å². The second kappa shape index (κ2) is 9.43. The molecule has 1 aromatic carbocycles. The van der Waals surface area contributed by atoms with E-state index in [9.17, 15) is 14.4 Å². The number of hydrogen-bond donors (Lipinski definition) is 2. The third-order valence-corrected chi connectivity index (χ3v) is 9.11. The van der Waals surface area contributed by atoms with Gasteiger partial charge in [0.15, 0.2) is 0 Å². The van der Waals surface area contributed by atoms with Crippen molar-refractivity contribution < 1.29 is 23.5 Å². The number of ether oxygens (including phenoxy) is 1. The van der Waals surface area contributed by atoms with Crippen LogP contribution in [-0.4, -0.2) is 45.9 Å². The predicted molar refractivity (Wildman–Crippen MR) is 141 cm³/mol. The summed E-state index contributed by atoms with van der Waals surface area (Å²) < 4.78 is 12.1. The smallest absolute Gasteiger partial charge is 0.246 e. The number of furan rings is 1. The van der Waals surface area contributed by atoms with E-state index in [4.69, 9.17) is 32.4 Å². The third kappa shape index (κ3) is 4.05. The molecule has 38 heavy (non-hydrogen) atoms. The molecule has 4 heterocycles. The first-order valence-electron chi connectivity index (χ1n) is 13.0. The fraction of sp³-hybridized carbons (Fsp3) is 0.464. The van der Waals surface area contributed by atoms with Gasteiger partial charge in [0.05, 0.1) is 40.3 Å². The average Bonchev–Trinajstić information content (AvgIpc) is 3.62. The zero-order valence-corrected chi connectivity index (χ0v) is 22.4. The van der Waals surface area contributed by atoms with Crippen LogP contribution < -0.4 is 10.6 Å². The van der Waals surface area contributed by atoms with Crippen molar-refractivity contribution in [3.8, 4) is 0 Å². The highest BCUT2D eigenvalue weighted by Gasteiger charge is 2.76. The first-order chi connectivity index (χ1) is 18.2. The van der Waals surface area contributed by atoms with E-state index in [0.29, 0.717) is 21.5 Å². The van der Waals surface area contributed by atoms with Crippen LogP contribution in [-0.2, 0) is 25.7 Å². The Morgan fingerprint density at radius 2 is 1.87 bits per heavy atom. The molecule has 3 fully saturated rings. The van der Waals surface area contributed by atoms with E-state index in [-0.39, 0.29) is 30.3 Å². The van der Waals surface area contributed by atoms with E-state index in [2.05, 4.69) is 10.6 Å². The summed E-state index contributed by atoms with van der Waals surface area (Å²) in [5.74, 6) is -2.15. The van der Waals surface area contributed by atoms with Crippen LogP contribution >= 0.6 is 23.2 Å². The molecule has 2 aromatic rings. The van der Waals surface area contributed by atoms with E-state index in [0.717, 1.165) is 32.1 Å². The van der Waals surface area contributed by atoms with Gasteiger partial charge in [-0.25, -0.2) is 0 Å². The second-order valence-corrected chi connectivity index (χ2v) is 11.7. The lowest BCUT2D eigenvalue weighted by atomic mass is 9.70. The van der Waals surface area contributed by atoms with Gasteiger partial charge in [0.25, 0.3) is 0 Å². The van der Waals surface area contributed by atoms with Gasteiger partial charge < -0.3 is 24.7 Å². The minimum atomic E-state index is -1.27. The van der Waals surface area contributed by atoms with Gasteiger partial charge in [-0.05, 0) is 50.1 Å². The number of nitrogens with one attached hydrogen (secondary N) is 2. The molecule has 1 aliphatic carbocycles. The van der Waals surface area contributed by atoms with E-state index in [1.54, 1.807) is 37.3 Å². The molecule has 0 unspecified atom stereocenters. The molecule has 2 saturated heterocycles. The Labute approximate surface area is 230 Å². The molecule has 6 rings (SSSR count). The summed E-state index contributed by atoms with van der Waals surface area (Å²) >= 11 is 12.2. The quantitative estimate of drug-likeness (QED) is 0.500. The van der Waals surface area contributed by atoms with Gasteiger partial charge >= 0.3 is 0 Å². The van der Waals surface area contributed by atoms with Crippen molar-refractivity contribution in [2.75, 3.05) is 5.32 Å². The molecule has 1 aromatic heterocycles. The lowest BCUT2D eigenvalue weighted by molar-refractivity contribution is -0.145. The zero-order valence-electron chi connectivity index (χ0n) is 20.9. The van der Waals surface area contributed by atoms with Crippen molar-refractivity contribution in [2.45, 2.75) is 68.9 Å². The fourth-order valence-electron chi connectivity index (χ4n) is 6.69. The number of carbonyl (C=O) groups is 3. The van der Waals surface area contributed by atoms with Crippen molar-refractivity contribution >= 4 is 46.6 Å². The number of carbonyl (C=O) groups excluding carboxylic acids is 3. The standard InChI is InChI=1S/C28H29Cl2N3O5/c1-27-11-12-28(38-27)22(21(27)24(34)32-17-9-10-19(29)20(30)14-17)26(36)33(15-18-8-5-13-37-18)23(28)25(35)31-16-6-3-2-4-7-16/h5,8-14,16,21-23H,2-4,6-7,15H2,1H3,(H,31,35)(H,32,34)/t21-,22-,23+,27-,28+/m1/s1. The summed E-state index contributed by atoms with van der Waals surface area (Å²) in [6.07, 6.45) is 10.2. The van der Waals surface area contributed by atoms with Gasteiger partial charge in [-0.2, -0.15) is 0 Å². The lowest BCUT2D eigenvalue weighted by Crippen LogP contribution is -2.56. The number of nitrogens with zero attached hydrogens (tertiary/aromatic N) is 1. The van der Waals surface area contributed by atoms with Crippen LogP contribution in [0.5, 0.6) is 0 Å². The highest BCUT2D eigenvalue weighted by molar-refractivity contribution is 6.42. The average molecular weight is 558 g/mol. The lowest BCUT2D eigenvalue weighted by Gasteiger charge is -2.34. The number of fused-ring (bicyclic) bond motifs is 1. The maximum Gasteiger partial charge on any atom is 0.246 e. The summed E-state index contributed by atoms with van der Waals surface area (Å²) in [5, 5.41) is 6.73. The summed E-state index contributed by atoms with van der Waals surface area (Å²) in [7, 11) is 0. The normalized spacial score (nSPS) is 32.0. The molecule has 5 atom stereocenters. The van der Waals surface area contributed by atoms with E-state index in [1.807, 2.05) is 12.2 Å². The largest absolute Gasteiger partial charge is 0.467 e. The first-order valence-corrected chi connectivity index (χ1v) is 13.8. The zero-order chi connectivity index (χ0) is 26.7. The van der Waals surface area contributed by atoms with Gasteiger partial charge in [0.2, 0.25) is 17.7 Å². The molecule has 8 nitrogen and oxygen atoms in total. The highest BCUT2D eigenvalue weighted by atomic mass is 35.5. The Balaban J connectivity index is 1.34. The highest BCUT2D eigenvalue weighted by Crippen LogP contribution is 2.60. The van der Waals surface area contributed by atoms with Crippen LogP contribution in [0, 0.1) is 11.8 Å². The Bertz CT molecular complexity index is 1310. The minimum absolute atomic E-state index is 0.0548. The molecule has 10 heteroatoms. The molecule has 0 radical (unpaired) electrons. The summed E-state index contributed by atoms with van der Waals surface area (Å²) in [4.78, 5) is 43.2. The van der Waals surface area contributed by atoms with Gasteiger partial charge in [-0.1, -0.05) is 54.6 Å². The molecule has 3 aliphatic heterocycles. The molecular formula is C28H29Cl2N3O5. The number of likely N-dealkylation sites (tertiary alicyclic amines) is 1. The fourth-order valence-corrected chi connectivity index (χ4v) is 6.99. The predicted octanol–water partition coefficient (Wildman–Crippen LogP) is 4.71. The van der Waals surface area contributed by atoms with Crippen molar-refractivity contribution in [1.82, 2.24) is 10.2 Å². The van der Waals surface area contributed by atoms with Crippen LogP contribution in [0.3, 0.4) is 0 Å². The Morgan fingerprint density at radius 1 is 1.08 bits per heavy atom. The molecule has 4 aliphatic rings. The maximum atomic E-state index is 14.1. The van der Waals surface area contributed by atoms with Gasteiger partial charge in [0.1, 0.15) is 17.4 Å². The Morgan fingerprint density at radius 3 is 2.58 bits per heavy atom. The van der Waals surface area contributed by atoms with Crippen molar-refractivity contribution in [3.63, 3.8) is 0 Å². The minimum Gasteiger partial charge on any atom is -0.467 e. The number of hydrogen-bond acceptors (Lipinski definition) is 5. The van der Waals surface area contributed by atoms with Gasteiger partial charge in [-0.3, -0.25) is 14.4 Å². The van der Waals surface area contributed by atoms with Crippen LogP contribution in [0.4, 0.5) is 5.69 Å². The molecule has 3 amide bonds. The topological polar surface area (TPSA) is 101 Å². The second-order valence-electron chi connectivity index (χ2n) is 10.8. The molecule has 1 saturated carbocycles. The molecule has 200 valence electrons. The van der Waals surface area contributed by atoms with Crippen LogP contribution in [0.25, 0.3) is 0 Å². The van der Waals surface area contributed by atoms with Crippen LogP contribution in [0.2, 0.25) is 10.0 Å². The number of benzene rings is 1. The van der Waals surface area contributed by atoms with E-state index >= 15 is 0 Å².